The monoisotopic (exact) mass is 377 g/mol. The molecule has 0 radical (unpaired) electrons. The van der Waals surface area contributed by atoms with Gasteiger partial charge >= 0.3 is 0 Å². The second-order valence-electron chi connectivity index (χ2n) is 10.3. The molecule has 1 aliphatic heterocycles. The normalized spacial score (nSPS) is 49.5. The average molecular weight is 378 g/mol. The lowest BCUT2D eigenvalue weighted by Gasteiger charge is -2.62. The van der Waals surface area contributed by atoms with Crippen molar-refractivity contribution < 1.29 is 14.3 Å². The Morgan fingerprint density at radius 3 is 2.63 bits per heavy atom. The van der Waals surface area contributed by atoms with Crippen molar-refractivity contribution in [2.24, 2.45) is 28.6 Å². The predicted molar refractivity (Wildman–Crippen MR) is 106 cm³/mol. The number of hydrogen-bond donors (Lipinski definition) is 0. The van der Waals surface area contributed by atoms with E-state index in [9.17, 15) is 4.79 Å². The smallest absolute Gasteiger partial charge is 0.222 e. The Labute approximate surface area is 165 Å². The van der Waals surface area contributed by atoms with Gasteiger partial charge in [-0.05, 0) is 67.1 Å². The molecule has 4 nitrogen and oxygen atoms in total. The van der Waals surface area contributed by atoms with E-state index in [0.717, 1.165) is 38.7 Å². The highest BCUT2D eigenvalue weighted by Crippen LogP contribution is 2.65. The first-order valence-corrected chi connectivity index (χ1v) is 11.3. The minimum Gasteiger partial charge on any atom is -0.381 e. The Morgan fingerprint density at radius 2 is 1.93 bits per heavy atom. The van der Waals surface area contributed by atoms with E-state index < -0.39 is 0 Å². The fraction of sp³-hybridized carbons (Fsp3) is 0.957. The lowest BCUT2D eigenvalue weighted by molar-refractivity contribution is -0.167. The third-order valence-corrected chi connectivity index (χ3v) is 9.26. The van der Waals surface area contributed by atoms with Crippen molar-refractivity contribution in [1.82, 2.24) is 4.90 Å². The van der Waals surface area contributed by atoms with Crippen molar-refractivity contribution >= 4 is 5.91 Å². The summed E-state index contributed by atoms with van der Waals surface area (Å²) in [7, 11) is 3.94. The highest BCUT2D eigenvalue weighted by Gasteiger charge is 2.64. The molecule has 4 fully saturated rings. The van der Waals surface area contributed by atoms with Crippen LogP contribution in [0.3, 0.4) is 0 Å². The first-order chi connectivity index (χ1) is 12.9. The van der Waals surface area contributed by atoms with Crippen molar-refractivity contribution in [1.29, 1.82) is 0 Å². The summed E-state index contributed by atoms with van der Waals surface area (Å²) in [6.07, 6.45) is 9.53. The number of amides is 1. The summed E-state index contributed by atoms with van der Waals surface area (Å²) in [5, 5.41) is 0. The largest absolute Gasteiger partial charge is 0.381 e. The number of fused-ring (bicyclic) bond motifs is 5. The molecule has 4 aliphatic rings. The van der Waals surface area contributed by atoms with Crippen LogP contribution in [0.4, 0.5) is 0 Å². The van der Waals surface area contributed by atoms with Gasteiger partial charge in [0.2, 0.25) is 5.91 Å². The number of hydrogen-bond acceptors (Lipinski definition) is 3. The van der Waals surface area contributed by atoms with E-state index >= 15 is 0 Å². The lowest BCUT2D eigenvalue weighted by Crippen LogP contribution is -2.62. The fourth-order valence-corrected chi connectivity index (χ4v) is 7.89. The van der Waals surface area contributed by atoms with Crippen LogP contribution in [0.1, 0.15) is 72.1 Å². The van der Waals surface area contributed by atoms with E-state index in [4.69, 9.17) is 9.47 Å². The third-order valence-electron chi connectivity index (χ3n) is 9.26. The van der Waals surface area contributed by atoms with Gasteiger partial charge in [-0.15, -0.1) is 0 Å². The van der Waals surface area contributed by atoms with E-state index in [-0.39, 0.29) is 10.8 Å². The van der Waals surface area contributed by atoms with Crippen molar-refractivity contribution in [3.05, 3.63) is 0 Å². The Balaban J connectivity index is 1.63. The van der Waals surface area contributed by atoms with Crippen molar-refractivity contribution in [2.45, 2.75) is 90.4 Å². The first-order valence-electron chi connectivity index (χ1n) is 11.3. The summed E-state index contributed by atoms with van der Waals surface area (Å²) in [6, 6.07) is 0.430. The van der Waals surface area contributed by atoms with Crippen LogP contribution < -0.4 is 0 Å². The highest BCUT2D eigenvalue weighted by molar-refractivity contribution is 5.77. The van der Waals surface area contributed by atoms with Gasteiger partial charge in [-0.2, -0.15) is 0 Å². The quantitative estimate of drug-likeness (QED) is 0.734. The van der Waals surface area contributed by atoms with Gasteiger partial charge in [0, 0.05) is 39.6 Å². The van der Waals surface area contributed by atoms with E-state index in [1.807, 2.05) is 14.2 Å². The van der Waals surface area contributed by atoms with Gasteiger partial charge in [0.25, 0.3) is 0 Å². The van der Waals surface area contributed by atoms with Gasteiger partial charge in [0.1, 0.15) is 0 Å². The number of methoxy groups -OCH3 is 1. The molecule has 0 N–H and O–H groups in total. The number of carbonyl (C=O) groups excluding carboxylic acids is 1. The molecule has 1 heterocycles. The molecule has 154 valence electrons. The van der Waals surface area contributed by atoms with Crippen LogP contribution >= 0.6 is 0 Å². The molecule has 3 saturated carbocycles. The molecule has 4 rings (SSSR count). The topological polar surface area (TPSA) is 38.8 Å². The molecule has 0 aromatic carbocycles. The van der Waals surface area contributed by atoms with E-state index in [1.165, 1.54) is 19.3 Å². The van der Waals surface area contributed by atoms with E-state index in [1.54, 1.807) is 0 Å². The van der Waals surface area contributed by atoms with Crippen LogP contribution in [0, 0.1) is 28.6 Å². The molecule has 0 aromatic heterocycles. The van der Waals surface area contributed by atoms with Gasteiger partial charge in [-0.1, -0.05) is 20.8 Å². The molecule has 0 aromatic rings. The SMILES string of the molecule is CCCO[C@H]1C[C@@H](OC)[C@H]2[C@@H]3CC[C@H]4N(C)C(=O)CC[C@]4(C)[C@H]3CC[C@@]21C. The Morgan fingerprint density at radius 1 is 1.15 bits per heavy atom. The van der Waals surface area contributed by atoms with Crippen LogP contribution in [0.25, 0.3) is 0 Å². The Bertz CT molecular complexity index is 580. The molecule has 1 saturated heterocycles. The molecular weight excluding hydrogens is 338 g/mol. The zero-order valence-corrected chi connectivity index (χ0v) is 18.0. The number of likely N-dealkylation sites (tertiary alicyclic amines) is 1. The summed E-state index contributed by atoms with van der Waals surface area (Å²) in [6.45, 7) is 8.03. The van der Waals surface area contributed by atoms with E-state index in [0.29, 0.717) is 41.9 Å². The van der Waals surface area contributed by atoms with Gasteiger partial charge in [-0.3, -0.25) is 4.79 Å². The van der Waals surface area contributed by atoms with Crippen molar-refractivity contribution in [3.8, 4) is 0 Å². The standard InChI is InChI=1S/C23H39NO3/c1-6-13-27-19-14-17(26-5)21-15-7-8-18-22(2,12-10-20(25)24(18)4)16(15)9-11-23(19,21)3/h15-19,21H,6-14H2,1-5H3/t15-,16+,17-,18-,19+,21-,22-,23-/m1/s1. The number of piperidine rings is 1. The maximum Gasteiger partial charge on any atom is 0.222 e. The zero-order chi connectivity index (χ0) is 19.4. The highest BCUT2D eigenvalue weighted by atomic mass is 16.5. The number of nitrogens with zero attached hydrogens (tertiary/aromatic N) is 1. The van der Waals surface area contributed by atoms with Crippen LogP contribution in [0.15, 0.2) is 0 Å². The molecule has 0 spiro atoms. The maximum atomic E-state index is 12.3. The van der Waals surface area contributed by atoms with E-state index in [2.05, 4.69) is 25.7 Å². The third kappa shape index (κ3) is 2.80. The van der Waals surface area contributed by atoms with Crippen LogP contribution in [-0.2, 0) is 14.3 Å². The minimum absolute atomic E-state index is 0.247. The maximum absolute atomic E-state index is 12.3. The predicted octanol–water partition coefficient (Wildman–Crippen LogP) is 4.27. The summed E-state index contributed by atoms with van der Waals surface area (Å²) in [5.74, 6) is 2.38. The second kappa shape index (κ2) is 7.02. The van der Waals surface area contributed by atoms with Gasteiger partial charge in [0.05, 0.1) is 12.2 Å². The molecule has 4 heteroatoms. The Hall–Kier alpha value is -0.610. The fourth-order valence-electron chi connectivity index (χ4n) is 7.89. The number of carbonyl (C=O) groups is 1. The van der Waals surface area contributed by atoms with Crippen LogP contribution in [0.2, 0.25) is 0 Å². The van der Waals surface area contributed by atoms with Gasteiger partial charge in [0.15, 0.2) is 0 Å². The Kier molecular flexibility index (Phi) is 5.12. The molecule has 3 aliphatic carbocycles. The molecule has 0 bridgehead atoms. The van der Waals surface area contributed by atoms with Crippen LogP contribution in [-0.4, -0.2) is 49.8 Å². The lowest BCUT2D eigenvalue weighted by atomic mass is 9.47. The average Bonchev–Trinajstić information content (AvgIpc) is 2.95. The van der Waals surface area contributed by atoms with Crippen LogP contribution in [0.5, 0.6) is 0 Å². The molecular formula is C23H39NO3. The molecule has 1 amide bonds. The van der Waals surface area contributed by atoms with Crippen molar-refractivity contribution in [3.63, 3.8) is 0 Å². The minimum atomic E-state index is 0.247. The summed E-state index contributed by atoms with van der Waals surface area (Å²) in [5.41, 5.74) is 0.518. The molecule has 8 atom stereocenters. The second-order valence-corrected chi connectivity index (χ2v) is 10.3. The summed E-state index contributed by atoms with van der Waals surface area (Å²) in [4.78, 5) is 14.4. The van der Waals surface area contributed by atoms with Gasteiger partial charge < -0.3 is 14.4 Å². The molecule has 27 heavy (non-hydrogen) atoms. The number of rotatable bonds is 4. The summed E-state index contributed by atoms with van der Waals surface area (Å²) >= 11 is 0. The van der Waals surface area contributed by atoms with Crippen molar-refractivity contribution in [2.75, 3.05) is 20.8 Å². The first kappa shape index (κ1) is 19.7. The van der Waals surface area contributed by atoms with Gasteiger partial charge in [-0.25, -0.2) is 0 Å². The molecule has 0 unspecified atom stereocenters. The summed E-state index contributed by atoms with van der Waals surface area (Å²) < 4.78 is 12.4. The number of ether oxygens (including phenoxy) is 2. The zero-order valence-electron chi connectivity index (χ0n) is 18.0.